The molecule has 0 radical (unpaired) electrons. The SMILES string of the molecule is CNC(=O)C(C)(C)CNC(=O)NC(=O)CCCl. The van der Waals surface area contributed by atoms with Crippen LogP contribution in [0.2, 0.25) is 0 Å². The normalized spacial score (nSPS) is 10.6. The molecule has 6 nitrogen and oxygen atoms in total. The highest BCUT2D eigenvalue weighted by Gasteiger charge is 2.27. The van der Waals surface area contributed by atoms with Gasteiger partial charge in [-0.05, 0) is 13.8 Å². The first-order chi connectivity index (χ1) is 7.83. The van der Waals surface area contributed by atoms with Crippen LogP contribution in [0.4, 0.5) is 4.79 Å². The van der Waals surface area contributed by atoms with Crippen LogP contribution in [0, 0.1) is 5.41 Å². The predicted octanol–water partition coefficient (Wildman–Crippen LogP) is 0.213. The molecule has 0 unspecified atom stereocenters. The largest absolute Gasteiger partial charge is 0.359 e. The van der Waals surface area contributed by atoms with Gasteiger partial charge >= 0.3 is 6.03 Å². The third-order valence-electron chi connectivity index (χ3n) is 2.11. The van der Waals surface area contributed by atoms with Crippen LogP contribution in [0.25, 0.3) is 0 Å². The molecule has 0 saturated heterocycles. The predicted molar refractivity (Wildman–Crippen MR) is 64.7 cm³/mol. The van der Waals surface area contributed by atoms with Crippen molar-refractivity contribution in [2.45, 2.75) is 20.3 Å². The number of imide groups is 1. The lowest BCUT2D eigenvalue weighted by atomic mass is 9.92. The Bertz CT molecular complexity index is 305. The van der Waals surface area contributed by atoms with Crippen LogP contribution in [0.3, 0.4) is 0 Å². The average Bonchev–Trinajstić information content (AvgIpc) is 2.25. The molecule has 4 amide bonds. The van der Waals surface area contributed by atoms with Crippen LogP contribution in [0.15, 0.2) is 0 Å². The first kappa shape index (κ1) is 15.7. The fourth-order valence-corrected chi connectivity index (χ4v) is 1.21. The van der Waals surface area contributed by atoms with Crippen molar-refractivity contribution >= 4 is 29.4 Å². The Balaban J connectivity index is 4.07. The summed E-state index contributed by atoms with van der Waals surface area (Å²) >= 11 is 5.34. The standard InChI is InChI=1S/C10H18ClN3O3/c1-10(2,8(16)12-3)6-13-9(17)14-7(15)4-5-11/h4-6H2,1-3H3,(H,12,16)(H2,13,14,15,17). The zero-order valence-electron chi connectivity index (χ0n) is 10.2. The van der Waals surface area contributed by atoms with Gasteiger partial charge in [0.2, 0.25) is 11.8 Å². The number of urea groups is 1. The van der Waals surface area contributed by atoms with Crippen molar-refractivity contribution in [3.63, 3.8) is 0 Å². The highest BCUT2D eigenvalue weighted by atomic mass is 35.5. The second kappa shape index (κ2) is 7.11. The van der Waals surface area contributed by atoms with Gasteiger partial charge in [0.15, 0.2) is 0 Å². The number of alkyl halides is 1. The molecule has 0 spiro atoms. The van der Waals surface area contributed by atoms with Gasteiger partial charge in [-0.2, -0.15) is 0 Å². The van der Waals surface area contributed by atoms with E-state index in [0.717, 1.165) is 0 Å². The average molecular weight is 264 g/mol. The summed E-state index contributed by atoms with van der Waals surface area (Å²) in [5.74, 6) is -0.483. The van der Waals surface area contributed by atoms with E-state index < -0.39 is 17.4 Å². The fraction of sp³-hybridized carbons (Fsp3) is 0.700. The van der Waals surface area contributed by atoms with Crippen molar-refractivity contribution in [3.05, 3.63) is 0 Å². The van der Waals surface area contributed by atoms with Crippen molar-refractivity contribution in [1.29, 1.82) is 0 Å². The molecule has 0 aliphatic heterocycles. The lowest BCUT2D eigenvalue weighted by Gasteiger charge is -2.22. The van der Waals surface area contributed by atoms with E-state index >= 15 is 0 Å². The molecule has 0 fully saturated rings. The third kappa shape index (κ3) is 6.11. The number of carbonyl (C=O) groups excluding carboxylic acids is 3. The molecule has 0 aromatic rings. The summed E-state index contributed by atoms with van der Waals surface area (Å²) in [5.41, 5.74) is -0.735. The Morgan fingerprint density at radius 1 is 1.24 bits per heavy atom. The molecule has 3 N–H and O–H groups in total. The lowest BCUT2D eigenvalue weighted by Crippen LogP contribution is -2.47. The first-order valence-electron chi connectivity index (χ1n) is 5.19. The van der Waals surface area contributed by atoms with Gasteiger partial charge in [0.25, 0.3) is 0 Å². The third-order valence-corrected chi connectivity index (χ3v) is 2.30. The van der Waals surface area contributed by atoms with Gasteiger partial charge in [-0.25, -0.2) is 4.79 Å². The number of hydrogen-bond donors (Lipinski definition) is 3. The van der Waals surface area contributed by atoms with Crippen molar-refractivity contribution in [2.24, 2.45) is 5.41 Å². The molecule has 0 bridgehead atoms. The maximum Gasteiger partial charge on any atom is 0.321 e. The minimum atomic E-state index is -0.735. The molecular weight excluding hydrogens is 246 g/mol. The molecule has 7 heteroatoms. The summed E-state index contributed by atoms with van der Waals surface area (Å²) in [4.78, 5) is 33.7. The topological polar surface area (TPSA) is 87.3 Å². The molecule has 98 valence electrons. The van der Waals surface area contributed by atoms with Gasteiger partial charge in [-0.1, -0.05) is 0 Å². The zero-order valence-corrected chi connectivity index (χ0v) is 11.0. The maximum atomic E-state index is 11.4. The van der Waals surface area contributed by atoms with Crippen LogP contribution < -0.4 is 16.0 Å². The van der Waals surface area contributed by atoms with E-state index in [0.29, 0.717) is 0 Å². The van der Waals surface area contributed by atoms with Crippen LogP contribution in [0.5, 0.6) is 0 Å². The molecule has 0 aliphatic rings. The molecule has 0 atom stereocenters. The molecule has 0 aromatic carbocycles. The van der Waals surface area contributed by atoms with Gasteiger partial charge in [0.05, 0.1) is 5.41 Å². The zero-order chi connectivity index (χ0) is 13.5. The van der Waals surface area contributed by atoms with E-state index in [2.05, 4.69) is 16.0 Å². The van der Waals surface area contributed by atoms with E-state index in [-0.39, 0.29) is 24.8 Å². The lowest BCUT2D eigenvalue weighted by molar-refractivity contribution is -0.128. The van der Waals surface area contributed by atoms with Crippen molar-refractivity contribution < 1.29 is 14.4 Å². The van der Waals surface area contributed by atoms with Crippen LogP contribution in [-0.4, -0.2) is 37.3 Å². The summed E-state index contributed by atoms with van der Waals surface area (Å²) in [6.07, 6.45) is 0.0772. The number of carbonyl (C=O) groups is 3. The Hall–Kier alpha value is -1.30. The Kier molecular flexibility index (Phi) is 6.57. The van der Waals surface area contributed by atoms with Gasteiger partial charge in [-0.15, -0.1) is 11.6 Å². The fourth-order valence-electron chi connectivity index (χ4n) is 1.04. The van der Waals surface area contributed by atoms with Crippen LogP contribution in [-0.2, 0) is 9.59 Å². The van der Waals surface area contributed by atoms with E-state index in [9.17, 15) is 14.4 Å². The van der Waals surface area contributed by atoms with E-state index in [1.54, 1.807) is 13.8 Å². The minimum absolute atomic E-state index is 0.0772. The van der Waals surface area contributed by atoms with E-state index in [4.69, 9.17) is 11.6 Å². The Labute approximate surface area is 105 Å². The van der Waals surface area contributed by atoms with E-state index in [1.165, 1.54) is 7.05 Å². The summed E-state index contributed by atoms with van der Waals surface area (Å²) in [6.45, 7) is 3.51. The smallest absolute Gasteiger partial charge is 0.321 e. The molecule has 17 heavy (non-hydrogen) atoms. The highest BCUT2D eigenvalue weighted by Crippen LogP contribution is 2.12. The monoisotopic (exact) mass is 263 g/mol. The minimum Gasteiger partial charge on any atom is -0.359 e. The number of halogens is 1. The van der Waals surface area contributed by atoms with Gasteiger partial charge < -0.3 is 10.6 Å². The quantitative estimate of drug-likeness (QED) is 0.620. The van der Waals surface area contributed by atoms with Crippen molar-refractivity contribution in [2.75, 3.05) is 19.5 Å². The summed E-state index contributed by atoms with van der Waals surface area (Å²) in [7, 11) is 1.52. The van der Waals surface area contributed by atoms with Gasteiger partial charge in [0, 0.05) is 25.9 Å². The molecule has 0 aromatic heterocycles. The van der Waals surface area contributed by atoms with E-state index in [1.807, 2.05) is 0 Å². The first-order valence-corrected chi connectivity index (χ1v) is 5.72. The molecule has 0 heterocycles. The van der Waals surface area contributed by atoms with Gasteiger partial charge in [0.1, 0.15) is 0 Å². The molecule has 0 rings (SSSR count). The summed E-state index contributed by atoms with van der Waals surface area (Å²) < 4.78 is 0. The number of hydrogen-bond acceptors (Lipinski definition) is 3. The summed E-state index contributed by atoms with van der Waals surface area (Å²) in [5, 5.41) is 7.05. The van der Waals surface area contributed by atoms with Crippen LogP contribution >= 0.6 is 11.6 Å². The number of nitrogens with one attached hydrogen (secondary N) is 3. The number of rotatable bonds is 5. The van der Waals surface area contributed by atoms with Crippen LogP contribution in [0.1, 0.15) is 20.3 Å². The maximum absolute atomic E-state index is 11.4. The summed E-state index contributed by atoms with van der Waals surface area (Å²) in [6, 6.07) is -0.628. The second-order valence-corrected chi connectivity index (χ2v) is 4.51. The molecule has 0 saturated carbocycles. The second-order valence-electron chi connectivity index (χ2n) is 4.13. The Morgan fingerprint density at radius 2 is 1.82 bits per heavy atom. The van der Waals surface area contributed by atoms with Gasteiger partial charge in [-0.3, -0.25) is 14.9 Å². The highest BCUT2D eigenvalue weighted by molar-refractivity contribution is 6.19. The Morgan fingerprint density at radius 3 is 2.29 bits per heavy atom. The molecule has 0 aliphatic carbocycles. The van der Waals surface area contributed by atoms with Crippen molar-refractivity contribution in [3.8, 4) is 0 Å². The van der Waals surface area contributed by atoms with Crippen molar-refractivity contribution in [1.82, 2.24) is 16.0 Å². The molecular formula is C10H18ClN3O3. The number of amides is 4.